The molecule has 1 unspecified atom stereocenters. The van der Waals surface area contributed by atoms with E-state index in [0.29, 0.717) is 43.2 Å². The lowest BCUT2D eigenvalue weighted by Gasteiger charge is -2.32. The number of carbonyl (C=O) groups is 2. The normalized spacial score (nSPS) is 17.0. The number of carboxylic acid groups (broad SMARTS) is 1. The largest absolute Gasteiger partial charge is 0.493 e. The summed E-state index contributed by atoms with van der Waals surface area (Å²) in [5.74, 6) is 0.643. The molecule has 0 aromatic heterocycles. The monoisotopic (exact) mass is 363 g/mol. The Balaban J connectivity index is 2.02. The van der Waals surface area contributed by atoms with E-state index in [1.807, 2.05) is 4.90 Å². The Labute approximate surface area is 155 Å². The quantitative estimate of drug-likeness (QED) is 0.679. The van der Waals surface area contributed by atoms with E-state index < -0.39 is 5.97 Å². The summed E-state index contributed by atoms with van der Waals surface area (Å²) in [6.07, 6.45) is 4.68. The Morgan fingerprint density at radius 1 is 1.31 bits per heavy atom. The maximum Gasteiger partial charge on any atom is 0.303 e. The summed E-state index contributed by atoms with van der Waals surface area (Å²) in [6, 6.07) is 5.28. The third-order valence-electron chi connectivity index (χ3n) is 4.74. The smallest absolute Gasteiger partial charge is 0.303 e. The van der Waals surface area contributed by atoms with Gasteiger partial charge in [0.25, 0.3) is 5.91 Å². The molecule has 1 aliphatic rings. The molecule has 1 aromatic rings. The molecule has 6 nitrogen and oxygen atoms in total. The second-order valence-electron chi connectivity index (χ2n) is 6.76. The summed E-state index contributed by atoms with van der Waals surface area (Å²) in [5.41, 5.74) is 0.573. The molecule has 0 bridgehead atoms. The lowest BCUT2D eigenvalue weighted by atomic mass is 9.93. The number of hydrogen-bond donors (Lipinski definition) is 1. The number of benzene rings is 1. The Hall–Kier alpha value is -2.24. The zero-order valence-electron chi connectivity index (χ0n) is 15.7. The first-order valence-corrected chi connectivity index (χ1v) is 9.37. The van der Waals surface area contributed by atoms with Crippen molar-refractivity contribution in [1.82, 2.24) is 4.90 Å². The highest BCUT2D eigenvalue weighted by Crippen LogP contribution is 2.30. The average Bonchev–Trinajstić information content (AvgIpc) is 2.66. The van der Waals surface area contributed by atoms with Crippen LogP contribution in [0.4, 0.5) is 0 Å². The maximum atomic E-state index is 12.8. The number of hydrogen-bond acceptors (Lipinski definition) is 4. The first-order chi connectivity index (χ1) is 12.5. The van der Waals surface area contributed by atoms with Crippen LogP contribution in [-0.4, -0.2) is 48.7 Å². The van der Waals surface area contributed by atoms with Gasteiger partial charge in [-0.1, -0.05) is 13.3 Å². The van der Waals surface area contributed by atoms with E-state index in [-0.39, 0.29) is 18.2 Å². The molecular formula is C20H29NO5. The molecule has 2 rings (SSSR count). The first kappa shape index (κ1) is 20.1. The number of methoxy groups -OCH3 is 1. The predicted molar refractivity (Wildman–Crippen MR) is 98.9 cm³/mol. The molecule has 1 N–H and O–H groups in total. The number of carbonyl (C=O) groups excluding carboxylic acids is 1. The third-order valence-corrected chi connectivity index (χ3v) is 4.74. The molecule has 0 aliphatic carbocycles. The molecule has 1 amide bonds. The molecule has 1 saturated heterocycles. The predicted octanol–water partition coefficient (Wildman–Crippen LogP) is 3.59. The van der Waals surface area contributed by atoms with Gasteiger partial charge < -0.3 is 19.5 Å². The molecule has 26 heavy (non-hydrogen) atoms. The average molecular weight is 363 g/mol. The fourth-order valence-corrected chi connectivity index (χ4v) is 3.24. The van der Waals surface area contributed by atoms with Gasteiger partial charge in [0, 0.05) is 25.1 Å². The number of amides is 1. The fraction of sp³-hybridized carbons (Fsp3) is 0.600. The highest BCUT2D eigenvalue weighted by Gasteiger charge is 2.25. The van der Waals surface area contributed by atoms with Crippen molar-refractivity contribution >= 4 is 11.9 Å². The van der Waals surface area contributed by atoms with Crippen molar-refractivity contribution in [3.8, 4) is 11.5 Å². The van der Waals surface area contributed by atoms with Gasteiger partial charge in [0.1, 0.15) is 0 Å². The number of ether oxygens (including phenoxy) is 2. The summed E-state index contributed by atoms with van der Waals surface area (Å²) < 4.78 is 11.1. The summed E-state index contributed by atoms with van der Waals surface area (Å²) in [6.45, 7) is 4.05. The van der Waals surface area contributed by atoms with Gasteiger partial charge >= 0.3 is 5.97 Å². The lowest BCUT2D eigenvalue weighted by Crippen LogP contribution is -2.40. The van der Waals surface area contributed by atoms with Gasteiger partial charge in [0.15, 0.2) is 11.5 Å². The van der Waals surface area contributed by atoms with E-state index >= 15 is 0 Å². The summed E-state index contributed by atoms with van der Waals surface area (Å²) >= 11 is 0. The third kappa shape index (κ3) is 5.64. The summed E-state index contributed by atoms with van der Waals surface area (Å²) in [7, 11) is 1.57. The Bertz CT molecular complexity index is 616. The van der Waals surface area contributed by atoms with Gasteiger partial charge in [-0.15, -0.1) is 0 Å². The van der Waals surface area contributed by atoms with E-state index in [4.69, 9.17) is 14.6 Å². The zero-order valence-corrected chi connectivity index (χ0v) is 15.7. The van der Waals surface area contributed by atoms with Crippen LogP contribution >= 0.6 is 0 Å². The van der Waals surface area contributed by atoms with Gasteiger partial charge in [-0.25, -0.2) is 0 Å². The molecule has 0 spiro atoms. The summed E-state index contributed by atoms with van der Waals surface area (Å²) in [5, 5.41) is 8.85. The number of piperidine rings is 1. The van der Waals surface area contributed by atoms with Crippen molar-refractivity contribution in [2.45, 2.75) is 45.4 Å². The molecule has 1 aromatic carbocycles. The van der Waals surface area contributed by atoms with Crippen LogP contribution in [0.1, 0.15) is 55.8 Å². The lowest BCUT2D eigenvalue weighted by molar-refractivity contribution is -0.137. The van der Waals surface area contributed by atoms with E-state index in [9.17, 15) is 9.59 Å². The number of carboxylic acids is 1. The van der Waals surface area contributed by atoms with Crippen molar-refractivity contribution in [2.24, 2.45) is 5.92 Å². The van der Waals surface area contributed by atoms with Crippen LogP contribution in [0.2, 0.25) is 0 Å². The Morgan fingerprint density at radius 3 is 2.81 bits per heavy atom. The molecule has 1 atom stereocenters. The molecule has 6 heteroatoms. The van der Waals surface area contributed by atoms with E-state index in [0.717, 1.165) is 25.7 Å². The van der Waals surface area contributed by atoms with Crippen molar-refractivity contribution in [3.63, 3.8) is 0 Å². The SMILES string of the molecule is CCCCOc1ccc(C(=O)N2CCCC(CCC(=O)O)C2)cc1OC. The standard InChI is InChI=1S/C20H29NO5/c1-3-4-12-26-17-9-8-16(13-18(17)25-2)20(24)21-11-5-6-15(14-21)7-10-19(22)23/h8-9,13,15H,3-7,10-12,14H2,1-2H3,(H,22,23). The van der Waals surface area contributed by atoms with Gasteiger partial charge in [0.2, 0.25) is 0 Å². The second kappa shape index (κ2) is 10.0. The van der Waals surface area contributed by atoms with Gasteiger partial charge in [-0.3, -0.25) is 9.59 Å². The molecule has 144 valence electrons. The minimum atomic E-state index is -0.781. The highest BCUT2D eigenvalue weighted by atomic mass is 16.5. The highest BCUT2D eigenvalue weighted by molar-refractivity contribution is 5.95. The van der Waals surface area contributed by atoms with Crippen LogP contribution in [-0.2, 0) is 4.79 Å². The topological polar surface area (TPSA) is 76.1 Å². The first-order valence-electron chi connectivity index (χ1n) is 9.37. The van der Waals surface area contributed by atoms with Crippen LogP contribution in [0, 0.1) is 5.92 Å². The van der Waals surface area contributed by atoms with Crippen LogP contribution in [0.15, 0.2) is 18.2 Å². The van der Waals surface area contributed by atoms with E-state index in [1.54, 1.807) is 25.3 Å². The van der Waals surface area contributed by atoms with Crippen LogP contribution in [0.25, 0.3) is 0 Å². The van der Waals surface area contributed by atoms with Gasteiger partial charge in [-0.2, -0.15) is 0 Å². The molecule has 1 aliphatic heterocycles. The molecule has 0 saturated carbocycles. The Morgan fingerprint density at radius 2 is 2.12 bits per heavy atom. The summed E-state index contributed by atoms with van der Waals surface area (Å²) in [4.78, 5) is 25.4. The van der Waals surface area contributed by atoms with Crippen molar-refractivity contribution in [3.05, 3.63) is 23.8 Å². The molecular weight excluding hydrogens is 334 g/mol. The van der Waals surface area contributed by atoms with Crippen LogP contribution in [0.3, 0.4) is 0 Å². The van der Waals surface area contributed by atoms with Crippen molar-refractivity contribution < 1.29 is 24.2 Å². The minimum Gasteiger partial charge on any atom is -0.493 e. The van der Waals surface area contributed by atoms with Crippen molar-refractivity contribution in [2.75, 3.05) is 26.8 Å². The maximum absolute atomic E-state index is 12.8. The second-order valence-corrected chi connectivity index (χ2v) is 6.76. The van der Waals surface area contributed by atoms with E-state index in [2.05, 4.69) is 6.92 Å². The van der Waals surface area contributed by atoms with Gasteiger partial charge in [0.05, 0.1) is 13.7 Å². The molecule has 1 heterocycles. The number of aliphatic carboxylic acids is 1. The Kier molecular flexibility index (Phi) is 7.75. The van der Waals surface area contributed by atoms with Crippen LogP contribution in [0.5, 0.6) is 11.5 Å². The molecule has 0 radical (unpaired) electrons. The number of likely N-dealkylation sites (tertiary alicyclic amines) is 1. The molecule has 1 fully saturated rings. The zero-order chi connectivity index (χ0) is 18.9. The van der Waals surface area contributed by atoms with E-state index in [1.165, 1.54) is 0 Å². The number of nitrogens with zero attached hydrogens (tertiary/aromatic N) is 1. The minimum absolute atomic E-state index is 0.0385. The number of unbranched alkanes of at least 4 members (excludes halogenated alkanes) is 1. The van der Waals surface area contributed by atoms with Crippen molar-refractivity contribution in [1.29, 1.82) is 0 Å². The van der Waals surface area contributed by atoms with Gasteiger partial charge in [-0.05, 0) is 49.8 Å². The fourth-order valence-electron chi connectivity index (χ4n) is 3.24. The number of rotatable bonds is 9. The van der Waals surface area contributed by atoms with Crippen LogP contribution < -0.4 is 9.47 Å².